The van der Waals surface area contributed by atoms with Crippen molar-refractivity contribution in [2.75, 3.05) is 22.1 Å². The number of anilines is 3. The van der Waals surface area contributed by atoms with Crippen LogP contribution >= 0.6 is 11.3 Å². The van der Waals surface area contributed by atoms with Gasteiger partial charge in [-0.1, -0.05) is 29.5 Å². The van der Waals surface area contributed by atoms with Crippen molar-refractivity contribution in [2.45, 2.75) is 6.42 Å². The molecule has 1 fully saturated rings. The number of hydrogen-bond donors (Lipinski definition) is 2. The maximum absolute atomic E-state index is 12.6. The number of hydrogen-bond acceptors (Lipinski definition) is 6. The second kappa shape index (κ2) is 8.19. The van der Waals surface area contributed by atoms with Gasteiger partial charge in [0.15, 0.2) is 0 Å². The summed E-state index contributed by atoms with van der Waals surface area (Å²) in [5.74, 6) is -1.02. The third-order valence-electron chi connectivity index (χ3n) is 4.56. The molecule has 8 nitrogen and oxygen atoms in total. The van der Waals surface area contributed by atoms with E-state index >= 15 is 0 Å². The molecule has 0 bridgehead atoms. The van der Waals surface area contributed by atoms with E-state index in [4.69, 9.17) is 0 Å². The first-order chi connectivity index (χ1) is 14.1. The summed E-state index contributed by atoms with van der Waals surface area (Å²) in [4.78, 5) is 38.7. The minimum atomic E-state index is -0.428. The molecule has 2 N–H and O–H groups in total. The van der Waals surface area contributed by atoms with Gasteiger partial charge in [-0.15, -0.1) is 10.2 Å². The summed E-state index contributed by atoms with van der Waals surface area (Å²) in [7, 11) is 0. The van der Waals surface area contributed by atoms with Crippen molar-refractivity contribution < 1.29 is 14.4 Å². The molecule has 29 heavy (non-hydrogen) atoms. The lowest BCUT2D eigenvalue weighted by molar-refractivity contribution is -0.122. The molecule has 1 saturated heterocycles. The lowest BCUT2D eigenvalue weighted by Crippen LogP contribution is -2.28. The molecule has 1 aliphatic heterocycles. The smallest absolute Gasteiger partial charge is 0.257 e. The average Bonchev–Trinajstić information content (AvgIpc) is 3.39. The Balaban J connectivity index is 1.36. The van der Waals surface area contributed by atoms with Gasteiger partial charge in [0.1, 0.15) is 5.51 Å². The van der Waals surface area contributed by atoms with Gasteiger partial charge in [0.05, 0.1) is 5.92 Å². The van der Waals surface area contributed by atoms with E-state index in [1.807, 2.05) is 30.3 Å². The van der Waals surface area contributed by atoms with E-state index in [1.54, 1.807) is 29.2 Å². The second-order valence-corrected chi connectivity index (χ2v) is 7.34. The highest BCUT2D eigenvalue weighted by Gasteiger charge is 2.35. The predicted octanol–water partition coefficient (Wildman–Crippen LogP) is 2.78. The number of benzene rings is 2. The fourth-order valence-electron chi connectivity index (χ4n) is 3.09. The number of para-hydroxylation sites is 1. The summed E-state index contributed by atoms with van der Waals surface area (Å²) in [6.07, 6.45) is 0.170. The van der Waals surface area contributed by atoms with Crippen LogP contribution in [0.3, 0.4) is 0 Å². The molecule has 1 atom stereocenters. The van der Waals surface area contributed by atoms with Crippen molar-refractivity contribution in [1.29, 1.82) is 0 Å². The minimum Gasteiger partial charge on any atom is -0.326 e. The minimum absolute atomic E-state index is 0.0694. The molecule has 3 aromatic rings. The van der Waals surface area contributed by atoms with Crippen LogP contribution in [0.4, 0.5) is 16.5 Å². The second-order valence-electron chi connectivity index (χ2n) is 6.51. The predicted molar refractivity (Wildman–Crippen MR) is 110 cm³/mol. The third kappa shape index (κ3) is 4.30. The molecule has 1 aromatic heterocycles. The first-order valence-electron chi connectivity index (χ1n) is 8.94. The maximum Gasteiger partial charge on any atom is 0.257 e. The fourth-order valence-corrected chi connectivity index (χ4v) is 3.53. The van der Waals surface area contributed by atoms with Crippen LogP contribution in [0.25, 0.3) is 0 Å². The molecule has 1 aliphatic rings. The molecule has 2 heterocycles. The Labute approximate surface area is 170 Å². The highest BCUT2D eigenvalue weighted by molar-refractivity contribution is 7.13. The van der Waals surface area contributed by atoms with Crippen molar-refractivity contribution in [3.8, 4) is 0 Å². The standard InChI is InChI=1S/C20H17N5O3S/c26-17-10-14(11-25(17)16-4-2-1-3-5-16)19(28)22-15-8-6-13(7-9-15)18(27)23-20-24-21-12-29-20/h1-9,12,14H,10-11H2,(H,22,28)(H,23,24,27). The summed E-state index contributed by atoms with van der Waals surface area (Å²) in [5, 5.41) is 13.3. The maximum atomic E-state index is 12.6. The Morgan fingerprint density at radius 2 is 1.79 bits per heavy atom. The number of amides is 3. The highest BCUT2D eigenvalue weighted by Crippen LogP contribution is 2.26. The van der Waals surface area contributed by atoms with Crippen LogP contribution in [0.2, 0.25) is 0 Å². The Kier molecular flexibility index (Phi) is 5.30. The molecular formula is C20H17N5O3S. The van der Waals surface area contributed by atoms with Gasteiger partial charge in [0.2, 0.25) is 16.9 Å². The van der Waals surface area contributed by atoms with Crippen molar-refractivity contribution >= 4 is 45.6 Å². The Morgan fingerprint density at radius 1 is 1.03 bits per heavy atom. The first-order valence-corrected chi connectivity index (χ1v) is 9.82. The van der Waals surface area contributed by atoms with Crippen LogP contribution < -0.4 is 15.5 Å². The van der Waals surface area contributed by atoms with E-state index < -0.39 is 5.92 Å². The van der Waals surface area contributed by atoms with Gasteiger partial charge in [-0.05, 0) is 36.4 Å². The molecular weight excluding hydrogens is 390 g/mol. The number of carbonyl (C=O) groups is 3. The van der Waals surface area contributed by atoms with Gasteiger partial charge >= 0.3 is 0 Å². The van der Waals surface area contributed by atoms with Crippen LogP contribution in [0.15, 0.2) is 60.1 Å². The van der Waals surface area contributed by atoms with E-state index in [9.17, 15) is 14.4 Å². The topological polar surface area (TPSA) is 104 Å². The SMILES string of the molecule is O=C(Nc1nncs1)c1ccc(NC(=O)C2CC(=O)N(c3ccccc3)C2)cc1. The molecule has 4 rings (SSSR count). The van der Waals surface area contributed by atoms with E-state index in [0.29, 0.717) is 22.9 Å². The normalized spacial score (nSPS) is 15.9. The Hall–Kier alpha value is -3.59. The van der Waals surface area contributed by atoms with Crippen molar-refractivity contribution in [2.24, 2.45) is 5.92 Å². The molecule has 0 saturated carbocycles. The quantitative estimate of drug-likeness (QED) is 0.677. The highest BCUT2D eigenvalue weighted by atomic mass is 32.1. The van der Waals surface area contributed by atoms with Gasteiger partial charge in [-0.25, -0.2) is 0 Å². The molecule has 1 unspecified atom stereocenters. The molecule has 3 amide bonds. The third-order valence-corrected chi connectivity index (χ3v) is 5.17. The van der Waals surface area contributed by atoms with Crippen molar-refractivity contribution in [1.82, 2.24) is 10.2 Å². The van der Waals surface area contributed by atoms with Gasteiger partial charge in [-0.2, -0.15) is 0 Å². The van der Waals surface area contributed by atoms with Crippen LogP contribution in [0.1, 0.15) is 16.8 Å². The zero-order chi connectivity index (χ0) is 20.2. The van der Waals surface area contributed by atoms with Crippen molar-refractivity contribution in [3.05, 3.63) is 65.7 Å². The zero-order valence-corrected chi connectivity index (χ0v) is 16.1. The van der Waals surface area contributed by atoms with Gasteiger partial charge in [0.25, 0.3) is 5.91 Å². The van der Waals surface area contributed by atoms with Crippen LogP contribution in [0.5, 0.6) is 0 Å². The average molecular weight is 407 g/mol. The number of aromatic nitrogens is 2. The molecule has 0 radical (unpaired) electrons. The number of rotatable bonds is 5. The summed E-state index contributed by atoms with van der Waals surface area (Å²) in [6, 6.07) is 15.8. The number of nitrogens with one attached hydrogen (secondary N) is 2. The largest absolute Gasteiger partial charge is 0.326 e. The number of nitrogens with zero attached hydrogens (tertiary/aromatic N) is 3. The van der Waals surface area contributed by atoms with Crippen LogP contribution in [-0.4, -0.2) is 34.5 Å². The molecule has 0 aliphatic carbocycles. The van der Waals surface area contributed by atoms with E-state index in [-0.39, 0.29) is 24.1 Å². The Bertz CT molecular complexity index is 1020. The summed E-state index contributed by atoms with van der Waals surface area (Å²) < 4.78 is 0. The zero-order valence-electron chi connectivity index (χ0n) is 15.2. The lowest BCUT2D eigenvalue weighted by atomic mass is 10.1. The molecule has 0 spiro atoms. The fraction of sp³-hybridized carbons (Fsp3) is 0.150. The monoisotopic (exact) mass is 407 g/mol. The summed E-state index contributed by atoms with van der Waals surface area (Å²) in [5.41, 5.74) is 3.32. The van der Waals surface area contributed by atoms with Gasteiger partial charge in [0, 0.05) is 29.9 Å². The van der Waals surface area contributed by atoms with E-state index in [2.05, 4.69) is 20.8 Å². The van der Waals surface area contributed by atoms with Crippen molar-refractivity contribution in [3.63, 3.8) is 0 Å². The molecule has 146 valence electrons. The van der Waals surface area contributed by atoms with Crippen LogP contribution in [0, 0.1) is 5.92 Å². The lowest BCUT2D eigenvalue weighted by Gasteiger charge is -2.16. The number of carbonyl (C=O) groups excluding carboxylic acids is 3. The van der Waals surface area contributed by atoms with Gasteiger partial charge in [-0.3, -0.25) is 19.7 Å². The van der Waals surface area contributed by atoms with Gasteiger partial charge < -0.3 is 10.2 Å². The summed E-state index contributed by atoms with van der Waals surface area (Å²) >= 11 is 1.23. The Morgan fingerprint density at radius 3 is 2.48 bits per heavy atom. The molecule has 2 aromatic carbocycles. The molecule has 9 heteroatoms. The van der Waals surface area contributed by atoms with E-state index in [0.717, 1.165) is 5.69 Å². The summed E-state index contributed by atoms with van der Waals surface area (Å²) in [6.45, 7) is 0.344. The first kappa shape index (κ1) is 18.8. The van der Waals surface area contributed by atoms with Crippen LogP contribution in [-0.2, 0) is 9.59 Å². The van der Waals surface area contributed by atoms with E-state index in [1.165, 1.54) is 16.8 Å².